The Kier molecular flexibility index (Phi) is 22.4. The largest absolute Gasteiger partial charge is 0.355 e. The smallest absolute Gasteiger partial charge is 0.0416 e. The van der Waals surface area contributed by atoms with Gasteiger partial charge in [0, 0.05) is 11.4 Å². The maximum absolute atomic E-state index is 3.83. The molecule has 0 fully saturated rings. The van der Waals surface area contributed by atoms with Gasteiger partial charge in [0.05, 0.1) is 0 Å². The lowest BCUT2D eigenvalue weighted by Gasteiger charge is -2.15. The highest BCUT2D eigenvalue weighted by Gasteiger charge is 2.06. The van der Waals surface area contributed by atoms with Crippen molar-refractivity contribution >= 4 is 11.4 Å². The standard InChI is InChI=1S/C40H67N/c1-3-5-7-9-11-13-15-17-19-21-23-25-31-37-33-27-29-35-39(37)41-40-36-30-28-34-38(40)32-26-24-22-20-18-16-14-12-10-8-6-4-2/h27-30,33-36,41H,3-26,31-32H2,1-2H3. The fraction of sp³-hybridized carbons (Fsp3) is 0.700. The minimum Gasteiger partial charge on any atom is -0.355 e. The van der Waals surface area contributed by atoms with Crippen LogP contribution in [-0.2, 0) is 12.8 Å². The van der Waals surface area contributed by atoms with Crippen LogP contribution in [0, 0.1) is 0 Å². The van der Waals surface area contributed by atoms with Crippen LogP contribution in [0.5, 0.6) is 0 Å². The Labute approximate surface area is 256 Å². The van der Waals surface area contributed by atoms with E-state index in [1.54, 1.807) is 0 Å². The molecule has 1 heteroatoms. The van der Waals surface area contributed by atoms with Gasteiger partial charge in [-0.1, -0.05) is 192 Å². The molecule has 0 saturated heterocycles. The highest BCUT2D eigenvalue weighted by Crippen LogP contribution is 2.27. The van der Waals surface area contributed by atoms with Crippen molar-refractivity contribution in [3.8, 4) is 0 Å². The Morgan fingerprint density at radius 3 is 0.927 bits per heavy atom. The summed E-state index contributed by atoms with van der Waals surface area (Å²) < 4.78 is 0. The predicted molar refractivity (Wildman–Crippen MR) is 186 cm³/mol. The van der Waals surface area contributed by atoms with E-state index in [0.29, 0.717) is 0 Å². The molecule has 0 aliphatic heterocycles. The lowest BCUT2D eigenvalue weighted by molar-refractivity contribution is 0.544. The van der Waals surface area contributed by atoms with Crippen molar-refractivity contribution in [3.63, 3.8) is 0 Å². The molecule has 0 unspecified atom stereocenters. The predicted octanol–water partition coefficient (Wildman–Crippen LogP) is 13.9. The summed E-state index contributed by atoms with van der Waals surface area (Å²) >= 11 is 0. The fourth-order valence-corrected chi connectivity index (χ4v) is 6.18. The molecule has 0 atom stereocenters. The van der Waals surface area contributed by atoms with Crippen molar-refractivity contribution in [2.75, 3.05) is 5.32 Å². The van der Waals surface area contributed by atoms with E-state index >= 15 is 0 Å². The highest BCUT2D eigenvalue weighted by molar-refractivity contribution is 5.66. The third-order valence-electron chi connectivity index (χ3n) is 8.90. The number of hydrogen-bond acceptors (Lipinski definition) is 1. The average molecular weight is 562 g/mol. The topological polar surface area (TPSA) is 12.0 Å². The summed E-state index contributed by atoms with van der Waals surface area (Å²) in [6.07, 6.45) is 36.2. The van der Waals surface area contributed by atoms with Gasteiger partial charge in [-0.05, 0) is 48.9 Å². The minimum absolute atomic E-state index is 1.18. The van der Waals surface area contributed by atoms with Gasteiger partial charge in [0.1, 0.15) is 0 Å². The first-order chi connectivity index (χ1) is 20.3. The van der Waals surface area contributed by atoms with E-state index in [0.717, 1.165) is 0 Å². The van der Waals surface area contributed by atoms with Crippen LogP contribution < -0.4 is 5.32 Å². The average Bonchev–Trinajstić information content (AvgIpc) is 3.00. The number of anilines is 2. The molecule has 232 valence electrons. The molecule has 0 aliphatic rings. The van der Waals surface area contributed by atoms with Crippen LogP contribution in [0.4, 0.5) is 11.4 Å². The van der Waals surface area contributed by atoms with E-state index in [1.807, 2.05) is 0 Å². The number of rotatable bonds is 28. The second kappa shape index (κ2) is 25.9. The molecule has 1 nitrogen and oxygen atoms in total. The monoisotopic (exact) mass is 562 g/mol. The lowest BCUT2D eigenvalue weighted by Crippen LogP contribution is -2.00. The quantitative estimate of drug-likeness (QED) is 0.102. The van der Waals surface area contributed by atoms with Gasteiger partial charge in [-0.2, -0.15) is 0 Å². The maximum Gasteiger partial charge on any atom is 0.0416 e. The van der Waals surface area contributed by atoms with Gasteiger partial charge in [0.2, 0.25) is 0 Å². The summed E-state index contributed by atoms with van der Waals surface area (Å²) in [5, 5.41) is 3.83. The van der Waals surface area contributed by atoms with Crippen molar-refractivity contribution in [2.24, 2.45) is 0 Å². The molecule has 0 saturated carbocycles. The molecule has 0 spiro atoms. The van der Waals surface area contributed by atoms with Crippen LogP contribution in [0.2, 0.25) is 0 Å². The molecule has 0 aliphatic carbocycles. The van der Waals surface area contributed by atoms with Gasteiger partial charge >= 0.3 is 0 Å². The van der Waals surface area contributed by atoms with Crippen LogP contribution in [0.25, 0.3) is 0 Å². The first-order valence-electron chi connectivity index (χ1n) is 18.3. The normalized spacial score (nSPS) is 11.3. The van der Waals surface area contributed by atoms with Gasteiger partial charge < -0.3 is 5.32 Å². The fourth-order valence-electron chi connectivity index (χ4n) is 6.18. The number of nitrogens with one attached hydrogen (secondary N) is 1. The Morgan fingerprint density at radius 2 is 0.610 bits per heavy atom. The summed E-state index contributed by atoms with van der Waals surface area (Å²) in [5.41, 5.74) is 5.55. The lowest BCUT2D eigenvalue weighted by atomic mass is 10.0. The van der Waals surface area contributed by atoms with Gasteiger partial charge in [-0.3, -0.25) is 0 Å². The molecule has 0 radical (unpaired) electrons. The molecule has 0 heterocycles. The van der Waals surface area contributed by atoms with Crippen LogP contribution in [0.3, 0.4) is 0 Å². The number of unbranched alkanes of at least 4 members (excludes halogenated alkanes) is 22. The van der Waals surface area contributed by atoms with E-state index in [1.165, 1.54) is 189 Å². The summed E-state index contributed by atoms with van der Waals surface area (Å²) in [7, 11) is 0. The molecule has 2 aromatic carbocycles. The second-order valence-electron chi connectivity index (χ2n) is 12.7. The van der Waals surface area contributed by atoms with Gasteiger partial charge in [-0.15, -0.1) is 0 Å². The van der Waals surface area contributed by atoms with E-state index < -0.39 is 0 Å². The van der Waals surface area contributed by atoms with E-state index in [9.17, 15) is 0 Å². The molecule has 2 rings (SSSR count). The van der Waals surface area contributed by atoms with E-state index in [-0.39, 0.29) is 0 Å². The zero-order valence-electron chi connectivity index (χ0n) is 27.5. The third-order valence-corrected chi connectivity index (χ3v) is 8.90. The first-order valence-corrected chi connectivity index (χ1v) is 18.3. The number of aryl methyl sites for hydroxylation is 2. The van der Waals surface area contributed by atoms with Gasteiger partial charge in [0.25, 0.3) is 0 Å². The summed E-state index contributed by atoms with van der Waals surface area (Å²) in [4.78, 5) is 0. The van der Waals surface area contributed by atoms with E-state index in [4.69, 9.17) is 0 Å². The van der Waals surface area contributed by atoms with E-state index in [2.05, 4.69) is 67.7 Å². The number of benzene rings is 2. The Balaban J connectivity index is 1.60. The summed E-state index contributed by atoms with van der Waals surface area (Å²) in [5.74, 6) is 0. The number of hydrogen-bond donors (Lipinski definition) is 1. The molecule has 0 bridgehead atoms. The maximum atomic E-state index is 3.83. The molecule has 1 N–H and O–H groups in total. The molecule has 2 aromatic rings. The molecule has 0 aromatic heterocycles. The number of para-hydroxylation sites is 2. The Morgan fingerprint density at radius 1 is 0.341 bits per heavy atom. The SMILES string of the molecule is CCCCCCCCCCCCCCc1ccccc1Nc1ccccc1CCCCCCCCCCCCCC. The molecule has 0 amide bonds. The van der Waals surface area contributed by atoms with Gasteiger partial charge in [0.15, 0.2) is 0 Å². The third kappa shape index (κ3) is 18.4. The van der Waals surface area contributed by atoms with Crippen molar-refractivity contribution < 1.29 is 0 Å². The second-order valence-corrected chi connectivity index (χ2v) is 12.7. The Hall–Kier alpha value is -1.76. The summed E-state index contributed by atoms with van der Waals surface area (Å²) in [6.45, 7) is 4.60. The first kappa shape index (κ1) is 35.4. The van der Waals surface area contributed by atoms with Crippen molar-refractivity contribution in [2.45, 2.75) is 181 Å². The minimum atomic E-state index is 1.18. The zero-order valence-corrected chi connectivity index (χ0v) is 27.5. The van der Waals surface area contributed by atoms with Crippen molar-refractivity contribution in [3.05, 3.63) is 59.7 Å². The zero-order chi connectivity index (χ0) is 29.1. The molecular formula is C40H67N. The molecular weight excluding hydrogens is 494 g/mol. The molecule has 41 heavy (non-hydrogen) atoms. The van der Waals surface area contributed by atoms with Crippen molar-refractivity contribution in [1.29, 1.82) is 0 Å². The summed E-state index contributed by atoms with van der Waals surface area (Å²) in [6, 6.07) is 18.0. The highest BCUT2D eigenvalue weighted by atomic mass is 14.9. The van der Waals surface area contributed by atoms with Crippen molar-refractivity contribution in [1.82, 2.24) is 0 Å². The van der Waals surface area contributed by atoms with Crippen LogP contribution in [-0.4, -0.2) is 0 Å². The Bertz CT molecular complexity index is 771. The van der Waals surface area contributed by atoms with Crippen LogP contribution in [0.1, 0.15) is 179 Å². The van der Waals surface area contributed by atoms with Crippen LogP contribution in [0.15, 0.2) is 48.5 Å². The van der Waals surface area contributed by atoms with Gasteiger partial charge in [-0.25, -0.2) is 0 Å². The van der Waals surface area contributed by atoms with Crippen LogP contribution >= 0.6 is 0 Å².